The number of aryl methyl sites for hydroxylation is 1. The van der Waals surface area contributed by atoms with E-state index in [0.717, 1.165) is 16.9 Å². The van der Waals surface area contributed by atoms with Crippen LogP contribution in [0.2, 0.25) is 0 Å². The van der Waals surface area contributed by atoms with Crippen molar-refractivity contribution >= 4 is 38.7 Å². The fourth-order valence-electron chi connectivity index (χ4n) is 3.47. The van der Waals surface area contributed by atoms with E-state index in [4.69, 9.17) is 0 Å². The smallest absolute Gasteiger partial charge is 0.263 e. The summed E-state index contributed by atoms with van der Waals surface area (Å²) in [6.45, 7) is 3.44. The number of sulfonamides is 1. The third-order valence-corrected chi connectivity index (χ3v) is 6.44. The fourth-order valence-corrected chi connectivity index (χ4v) is 4.71. The molecule has 11 heteroatoms. The molecule has 3 aromatic rings. The summed E-state index contributed by atoms with van der Waals surface area (Å²) in [4.78, 5) is 33.7. The topological polar surface area (TPSA) is 135 Å². The van der Waals surface area contributed by atoms with Crippen LogP contribution in [-0.2, 0) is 32.6 Å². The molecule has 0 saturated carbocycles. The molecule has 4 rings (SSSR count). The van der Waals surface area contributed by atoms with Crippen molar-refractivity contribution in [2.24, 2.45) is 4.99 Å². The molecule has 0 saturated heterocycles. The highest BCUT2D eigenvalue weighted by Crippen LogP contribution is 2.22. The molecule has 0 unspecified atom stereocenters. The number of carbonyl (C=O) groups excluding carboxylic acids is 2. The summed E-state index contributed by atoms with van der Waals surface area (Å²) in [5, 5.41) is 0. The van der Waals surface area contributed by atoms with Crippen LogP contribution in [0, 0.1) is 0 Å². The molecule has 2 heterocycles. The Hall–Kier alpha value is -3.73. The van der Waals surface area contributed by atoms with Crippen molar-refractivity contribution in [1.82, 2.24) is 25.1 Å². The number of nitrogens with one attached hydrogen (secondary N) is 3. The van der Waals surface area contributed by atoms with Crippen molar-refractivity contribution in [2.75, 3.05) is 0 Å². The van der Waals surface area contributed by atoms with Crippen molar-refractivity contribution in [3.63, 3.8) is 0 Å². The molecule has 1 aliphatic heterocycles. The zero-order chi connectivity index (χ0) is 22.9. The van der Waals surface area contributed by atoms with Crippen LogP contribution < -0.4 is 15.6 Å². The first-order valence-corrected chi connectivity index (χ1v) is 11.5. The number of carbonyl (C=O) groups is 2. The van der Waals surface area contributed by atoms with E-state index in [1.54, 1.807) is 22.8 Å². The number of nitrogens with zero attached hydrogens (tertiary/aromatic N) is 3. The normalized spacial score (nSPS) is 16.4. The second kappa shape index (κ2) is 8.42. The maximum absolute atomic E-state index is 12.4. The molecule has 166 valence electrons. The number of hydrogen-bond donors (Lipinski definition) is 3. The largest absolute Gasteiger partial charge is 0.318 e. The van der Waals surface area contributed by atoms with Crippen molar-refractivity contribution in [1.29, 1.82) is 0 Å². The first kappa shape index (κ1) is 21.5. The predicted molar refractivity (Wildman–Crippen MR) is 118 cm³/mol. The van der Waals surface area contributed by atoms with E-state index in [-0.39, 0.29) is 17.3 Å². The number of aromatic nitrogens is 2. The average molecular weight is 455 g/mol. The van der Waals surface area contributed by atoms with Gasteiger partial charge in [-0.3, -0.25) is 30.2 Å². The number of imidazole rings is 1. The van der Waals surface area contributed by atoms with Crippen LogP contribution in [0.15, 0.2) is 58.4 Å². The van der Waals surface area contributed by atoms with Crippen LogP contribution in [0.4, 0.5) is 0 Å². The van der Waals surface area contributed by atoms with Gasteiger partial charge in [0.1, 0.15) is 24.2 Å². The molecule has 0 bridgehead atoms. The lowest BCUT2D eigenvalue weighted by molar-refractivity contribution is -0.129. The third kappa shape index (κ3) is 4.06. The summed E-state index contributed by atoms with van der Waals surface area (Å²) < 4.78 is 28.5. The second-order valence-electron chi connectivity index (χ2n) is 7.25. The van der Waals surface area contributed by atoms with Crippen LogP contribution in [0.25, 0.3) is 11.0 Å². The molecular weight excluding hydrogens is 432 g/mol. The number of amidine groups is 1. The van der Waals surface area contributed by atoms with Crippen LogP contribution >= 0.6 is 0 Å². The summed E-state index contributed by atoms with van der Waals surface area (Å²) in [6, 6.07) is 12.9. The van der Waals surface area contributed by atoms with Gasteiger partial charge in [0.2, 0.25) is 0 Å². The van der Waals surface area contributed by atoms with Crippen LogP contribution in [0.3, 0.4) is 0 Å². The molecule has 0 spiro atoms. The SMILES string of the molecule is CCc1nc2ccccc2n1CC(=O)NNC(=O)[C@H](C)N=C1NS(=O)(=O)c2ccccc21. The minimum Gasteiger partial charge on any atom is -0.318 e. The Balaban J connectivity index is 1.41. The number of rotatable bonds is 5. The number of hydrazine groups is 1. The summed E-state index contributed by atoms with van der Waals surface area (Å²) in [6.07, 6.45) is 0.653. The molecule has 32 heavy (non-hydrogen) atoms. The van der Waals surface area contributed by atoms with E-state index in [9.17, 15) is 18.0 Å². The molecule has 0 fully saturated rings. The quantitative estimate of drug-likeness (QED) is 0.492. The van der Waals surface area contributed by atoms with E-state index < -0.39 is 27.9 Å². The maximum atomic E-state index is 12.4. The van der Waals surface area contributed by atoms with Gasteiger partial charge in [-0.05, 0) is 31.2 Å². The van der Waals surface area contributed by atoms with Crippen molar-refractivity contribution in [2.45, 2.75) is 37.8 Å². The molecule has 1 aromatic heterocycles. The van der Waals surface area contributed by atoms with E-state index in [2.05, 4.69) is 25.6 Å². The lowest BCUT2D eigenvalue weighted by Crippen LogP contribution is -2.46. The minimum absolute atomic E-state index is 0.0138. The van der Waals surface area contributed by atoms with Gasteiger partial charge < -0.3 is 4.57 Å². The summed E-state index contributed by atoms with van der Waals surface area (Å²) in [5.41, 5.74) is 6.75. The summed E-state index contributed by atoms with van der Waals surface area (Å²) in [7, 11) is -3.70. The zero-order valence-electron chi connectivity index (χ0n) is 17.5. The molecular formula is C21H22N6O4S. The van der Waals surface area contributed by atoms with Gasteiger partial charge in [0.15, 0.2) is 0 Å². The Morgan fingerprint density at radius 3 is 2.62 bits per heavy atom. The molecule has 10 nitrogen and oxygen atoms in total. The van der Waals surface area contributed by atoms with Crippen molar-refractivity contribution < 1.29 is 18.0 Å². The van der Waals surface area contributed by atoms with Crippen LogP contribution in [0.1, 0.15) is 25.2 Å². The monoisotopic (exact) mass is 454 g/mol. The van der Waals surface area contributed by atoms with Gasteiger partial charge in [0, 0.05) is 12.0 Å². The van der Waals surface area contributed by atoms with Gasteiger partial charge in [-0.25, -0.2) is 13.4 Å². The zero-order valence-corrected chi connectivity index (χ0v) is 18.3. The number of fused-ring (bicyclic) bond motifs is 2. The molecule has 2 amide bonds. The highest BCUT2D eigenvalue weighted by atomic mass is 32.2. The lowest BCUT2D eigenvalue weighted by atomic mass is 10.2. The van der Waals surface area contributed by atoms with Gasteiger partial charge >= 0.3 is 0 Å². The van der Waals surface area contributed by atoms with E-state index in [1.165, 1.54) is 13.0 Å². The first-order chi connectivity index (χ1) is 15.3. The third-order valence-electron chi connectivity index (χ3n) is 5.04. The average Bonchev–Trinajstić information content (AvgIpc) is 3.26. The number of para-hydroxylation sites is 2. The summed E-state index contributed by atoms with van der Waals surface area (Å²) in [5.74, 6) is -0.157. The van der Waals surface area contributed by atoms with Gasteiger partial charge in [-0.1, -0.05) is 31.2 Å². The molecule has 1 aliphatic rings. The fraction of sp³-hybridized carbons (Fsp3) is 0.238. The van der Waals surface area contributed by atoms with Crippen molar-refractivity contribution in [3.8, 4) is 0 Å². The number of amides is 2. The number of aliphatic imine (C=N–C) groups is 1. The Morgan fingerprint density at radius 1 is 1.12 bits per heavy atom. The molecule has 3 N–H and O–H groups in total. The minimum atomic E-state index is -3.70. The van der Waals surface area contributed by atoms with E-state index in [0.29, 0.717) is 12.0 Å². The number of hydrogen-bond acceptors (Lipinski definition) is 6. The Labute approximate surface area is 184 Å². The van der Waals surface area contributed by atoms with Crippen LogP contribution in [0.5, 0.6) is 0 Å². The highest BCUT2D eigenvalue weighted by Gasteiger charge is 2.31. The van der Waals surface area contributed by atoms with E-state index in [1.807, 2.05) is 31.2 Å². The van der Waals surface area contributed by atoms with Gasteiger partial charge in [-0.2, -0.15) is 0 Å². The van der Waals surface area contributed by atoms with Crippen LogP contribution in [-0.4, -0.2) is 41.7 Å². The Bertz CT molecular complexity index is 1350. The van der Waals surface area contributed by atoms with E-state index >= 15 is 0 Å². The number of benzene rings is 2. The molecule has 2 aromatic carbocycles. The lowest BCUT2D eigenvalue weighted by Gasteiger charge is -2.12. The van der Waals surface area contributed by atoms with Crippen molar-refractivity contribution in [3.05, 3.63) is 59.9 Å². The molecule has 0 radical (unpaired) electrons. The molecule has 1 atom stereocenters. The standard InChI is InChI=1S/C21H22N6O4S/c1-3-18-23-15-9-5-6-10-16(15)27(18)12-19(28)24-25-21(29)13(2)22-20-14-8-4-7-11-17(14)32(30,31)26-20/h4-11,13H,3,12H2,1-2H3,(H,22,26)(H,24,28)(H,25,29)/t13-/m0/s1. The second-order valence-corrected chi connectivity index (χ2v) is 8.90. The highest BCUT2D eigenvalue weighted by molar-refractivity contribution is 7.90. The Morgan fingerprint density at radius 2 is 1.84 bits per heavy atom. The van der Waals surface area contributed by atoms with Gasteiger partial charge in [0.05, 0.1) is 15.9 Å². The molecule has 0 aliphatic carbocycles. The predicted octanol–water partition coefficient (Wildman–Crippen LogP) is 0.873. The summed E-state index contributed by atoms with van der Waals surface area (Å²) >= 11 is 0. The van der Waals surface area contributed by atoms with Gasteiger partial charge in [-0.15, -0.1) is 0 Å². The maximum Gasteiger partial charge on any atom is 0.263 e. The van der Waals surface area contributed by atoms with Gasteiger partial charge in [0.25, 0.3) is 21.8 Å². The Kier molecular flexibility index (Phi) is 5.66. The first-order valence-electron chi connectivity index (χ1n) is 10.0.